The van der Waals surface area contributed by atoms with Crippen molar-refractivity contribution in [2.45, 2.75) is 38.6 Å². The molecule has 2 fully saturated rings. The van der Waals surface area contributed by atoms with Crippen LogP contribution in [-0.4, -0.2) is 42.1 Å². The summed E-state index contributed by atoms with van der Waals surface area (Å²) in [7, 11) is 0. The standard InChI is InChI=1S/C16H25N3/c1-13-4-2-6-15(18-13)7-10-19-11-8-16-14(12-19)5-3-9-17-16/h2,4,6,14,16-17H,3,5,7-12H2,1H3/t14-,16+/m1/s1. The Bertz CT molecular complexity index is 418. The fourth-order valence-electron chi connectivity index (χ4n) is 3.53. The van der Waals surface area contributed by atoms with Crippen LogP contribution in [0.5, 0.6) is 0 Å². The largest absolute Gasteiger partial charge is 0.314 e. The molecular weight excluding hydrogens is 234 g/mol. The van der Waals surface area contributed by atoms with Gasteiger partial charge in [-0.3, -0.25) is 4.98 Å². The molecule has 3 heterocycles. The van der Waals surface area contributed by atoms with E-state index >= 15 is 0 Å². The fourth-order valence-corrected chi connectivity index (χ4v) is 3.53. The zero-order chi connectivity index (χ0) is 13.1. The third-order valence-corrected chi connectivity index (χ3v) is 4.61. The zero-order valence-electron chi connectivity index (χ0n) is 11.9. The first-order valence-electron chi connectivity index (χ1n) is 7.69. The molecule has 3 nitrogen and oxygen atoms in total. The summed E-state index contributed by atoms with van der Waals surface area (Å²) in [6, 6.07) is 7.14. The molecule has 0 unspecified atom stereocenters. The van der Waals surface area contributed by atoms with Gasteiger partial charge in [0.2, 0.25) is 0 Å². The summed E-state index contributed by atoms with van der Waals surface area (Å²) in [4.78, 5) is 7.24. The molecule has 0 saturated carbocycles. The zero-order valence-corrected chi connectivity index (χ0v) is 11.9. The highest BCUT2D eigenvalue weighted by atomic mass is 15.2. The lowest BCUT2D eigenvalue weighted by Crippen LogP contribution is -2.52. The van der Waals surface area contributed by atoms with Gasteiger partial charge in [0.15, 0.2) is 0 Å². The lowest BCUT2D eigenvalue weighted by molar-refractivity contribution is 0.115. The van der Waals surface area contributed by atoms with E-state index in [1.807, 2.05) is 0 Å². The molecule has 2 aliphatic heterocycles. The number of aromatic nitrogens is 1. The van der Waals surface area contributed by atoms with Crippen molar-refractivity contribution in [1.82, 2.24) is 15.2 Å². The van der Waals surface area contributed by atoms with E-state index in [-0.39, 0.29) is 0 Å². The molecule has 2 saturated heterocycles. The number of pyridine rings is 1. The van der Waals surface area contributed by atoms with Gasteiger partial charge < -0.3 is 10.2 Å². The van der Waals surface area contributed by atoms with Crippen LogP contribution in [0.25, 0.3) is 0 Å². The van der Waals surface area contributed by atoms with Gasteiger partial charge in [-0.2, -0.15) is 0 Å². The first-order valence-corrected chi connectivity index (χ1v) is 7.69. The molecule has 0 amide bonds. The molecule has 0 bridgehead atoms. The van der Waals surface area contributed by atoms with Gasteiger partial charge in [-0.15, -0.1) is 0 Å². The first-order chi connectivity index (χ1) is 9.31. The van der Waals surface area contributed by atoms with Crippen molar-refractivity contribution in [2.24, 2.45) is 5.92 Å². The van der Waals surface area contributed by atoms with Crippen LogP contribution in [0.1, 0.15) is 30.7 Å². The molecule has 2 aliphatic rings. The van der Waals surface area contributed by atoms with Crippen molar-refractivity contribution in [1.29, 1.82) is 0 Å². The number of piperidine rings is 2. The van der Waals surface area contributed by atoms with Crippen LogP contribution < -0.4 is 5.32 Å². The van der Waals surface area contributed by atoms with E-state index < -0.39 is 0 Å². The first kappa shape index (κ1) is 13.1. The third-order valence-electron chi connectivity index (χ3n) is 4.61. The van der Waals surface area contributed by atoms with Gasteiger partial charge in [0, 0.05) is 36.9 Å². The van der Waals surface area contributed by atoms with E-state index in [2.05, 4.69) is 40.3 Å². The van der Waals surface area contributed by atoms with Gasteiger partial charge in [0.05, 0.1) is 0 Å². The van der Waals surface area contributed by atoms with E-state index in [1.54, 1.807) is 0 Å². The molecule has 0 radical (unpaired) electrons. The molecular formula is C16H25N3. The summed E-state index contributed by atoms with van der Waals surface area (Å²) in [6.45, 7) is 7.00. The average Bonchev–Trinajstić information content (AvgIpc) is 2.45. The number of likely N-dealkylation sites (tertiary alicyclic amines) is 1. The minimum Gasteiger partial charge on any atom is -0.314 e. The number of aryl methyl sites for hydroxylation is 1. The van der Waals surface area contributed by atoms with Crippen LogP contribution in [0.15, 0.2) is 18.2 Å². The maximum Gasteiger partial charge on any atom is 0.0419 e. The topological polar surface area (TPSA) is 28.2 Å². The third kappa shape index (κ3) is 3.34. The van der Waals surface area contributed by atoms with Crippen LogP contribution in [-0.2, 0) is 6.42 Å². The Balaban J connectivity index is 1.51. The van der Waals surface area contributed by atoms with Gasteiger partial charge >= 0.3 is 0 Å². The number of rotatable bonds is 3. The predicted molar refractivity (Wildman–Crippen MR) is 78.2 cm³/mol. The molecule has 1 aromatic heterocycles. The number of nitrogens with zero attached hydrogens (tertiary/aromatic N) is 2. The Morgan fingerprint density at radius 3 is 3.21 bits per heavy atom. The number of hydrogen-bond donors (Lipinski definition) is 1. The summed E-state index contributed by atoms with van der Waals surface area (Å²) >= 11 is 0. The van der Waals surface area contributed by atoms with Crippen LogP contribution in [0, 0.1) is 12.8 Å². The maximum absolute atomic E-state index is 4.60. The van der Waals surface area contributed by atoms with Gasteiger partial charge in [-0.1, -0.05) is 6.07 Å². The molecule has 1 aromatic rings. The molecule has 3 heteroatoms. The fraction of sp³-hybridized carbons (Fsp3) is 0.688. The number of hydrogen-bond acceptors (Lipinski definition) is 3. The average molecular weight is 259 g/mol. The van der Waals surface area contributed by atoms with Gasteiger partial charge in [0.1, 0.15) is 0 Å². The van der Waals surface area contributed by atoms with E-state index in [1.165, 1.54) is 51.1 Å². The molecule has 104 valence electrons. The highest BCUT2D eigenvalue weighted by molar-refractivity contribution is 5.10. The van der Waals surface area contributed by atoms with Crippen LogP contribution in [0.2, 0.25) is 0 Å². The predicted octanol–water partition coefficient (Wildman–Crippen LogP) is 2.01. The highest BCUT2D eigenvalue weighted by Crippen LogP contribution is 2.24. The second-order valence-electron chi connectivity index (χ2n) is 6.07. The quantitative estimate of drug-likeness (QED) is 0.900. The molecule has 0 spiro atoms. The molecule has 0 aromatic carbocycles. The van der Waals surface area contributed by atoms with Gasteiger partial charge in [0.25, 0.3) is 0 Å². The molecule has 19 heavy (non-hydrogen) atoms. The van der Waals surface area contributed by atoms with Crippen molar-refractivity contribution in [3.63, 3.8) is 0 Å². The van der Waals surface area contributed by atoms with Crippen molar-refractivity contribution >= 4 is 0 Å². The lowest BCUT2D eigenvalue weighted by Gasteiger charge is -2.41. The van der Waals surface area contributed by atoms with E-state index in [9.17, 15) is 0 Å². The summed E-state index contributed by atoms with van der Waals surface area (Å²) in [5.74, 6) is 0.882. The van der Waals surface area contributed by atoms with E-state index in [4.69, 9.17) is 0 Å². The van der Waals surface area contributed by atoms with Crippen molar-refractivity contribution in [2.75, 3.05) is 26.2 Å². The summed E-state index contributed by atoms with van der Waals surface area (Å²) < 4.78 is 0. The van der Waals surface area contributed by atoms with Crippen LogP contribution >= 0.6 is 0 Å². The smallest absolute Gasteiger partial charge is 0.0419 e. The van der Waals surface area contributed by atoms with E-state index in [0.717, 1.165) is 24.1 Å². The van der Waals surface area contributed by atoms with Crippen molar-refractivity contribution in [3.8, 4) is 0 Å². The van der Waals surface area contributed by atoms with Gasteiger partial charge in [-0.05, 0) is 57.3 Å². The van der Waals surface area contributed by atoms with Crippen molar-refractivity contribution in [3.05, 3.63) is 29.6 Å². The second-order valence-corrected chi connectivity index (χ2v) is 6.07. The normalized spacial score (nSPS) is 28.1. The van der Waals surface area contributed by atoms with Crippen LogP contribution in [0.3, 0.4) is 0 Å². The Kier molecular flexibility index (Phi) is 4.14. The SMILES string of the molecule is Cc1cccc(CCN2CC[C@@H]3NCCC[C@@H]3C2)n1. The minimum absolute atomic E-state index is 0.794. The number of fused-ring (bicyclic) bond motifs is 1. The Labute approximate surface area is 116 Å². The highest BCUT2D eigenvalue weighted by Gasteiger charge is 2.30. The Hall–Kier alpha value is -0.930. The lowest BCUT2D eigenvalue weighted by atomic mass is 9.85. The van der Waals surface area contributed by atoms with Crippen LogP contribution in [0.4, 0.5) is 0 Å². The van der Waals surface area contributed by atoms with E-state index in [0.29, 0.717) is 0 Å². The van der Waals surface area contributed by atoms with Gasteiger partial charge in [-0.25, -0.2) is 0 Å². The Morgan fingerprint density at radius 2 is 2.32 bits per heavy atom. The second kappa shape index (κ2) is 6.02. The minimum atomic E-state index is 0.794. The van der Waals surface area contributed by atoms with Crippen molar-refractivity contribution < 1.29 is 0 Å². The maximum atomic E-state index is 4.60. The summed E-state index contributed by atoms with van der Waals surface area (Å²) in [5.41, 5.74) is 2.37. The molecule has 2 atom stereocenters. The molecule has 0 aliphatic carbocycles. The molecule has 1 N–H and O–H groups in total. The monoisotopic (exact) mass is 259 g/mol. The Morgan fingerprint density at radius 1 is 1.37 bits per heavy atom. The molecule has 3 rings (SSSR count). The summed E-state index contributed by atoms with van der Waals surface area (Å²) in [5, 5.41) is 3.68. The number of nitrogens with one attached hydrogen (secondary N) is 1. The summed E-state index contributed by atoms with van der Waals surface area (Å²) in [6.07, 6.45) is 5.18.